The van der Waals surface area contributed by atoms with Gasteiger partial charge in [-0.3, -0.25) is 0 Å². The Balaban J connectivity index is 1.88. The van der Waals surface area contributed by atoms with E-state index in [-0.39, 0.29) is 17.2 Å². The van der Waals surface area contributed by atoms with Crippen molar-refractivity contribution in [1.82, 2.24) is 10.2 Å². The lowest BCUT2D eigenvalue weighted by atomic mass is 9.85. The van der Waals surface area contributed by atoms with Crippen LogP contribution in [0.3, 0.4) is 0 Å². The molecule has 0 spiro atoms. The maximum Gasteiger partial charge on any atom is 0.317 e. The summed E-state index contributed by atoms with van der Waals surface area (Å²) in [4.78, 5) is 14.7. The summed E-state index contributed by atoms with van der Waals surface area (Å²) in [5.74, 6) is 0.837. The Labute approximate surface area is 141 Å². The summed E-state index contributed by atoms with van der Waals surface area (Å²) in [5.41, 5.74) is -0.215. The van der Waals surface area contributed by atoms with Gasteiger partial charge >= 0.3 is 6.03 Å². The molecule has 1 aliphatic carbocycles. The zero-order valence-electron chi connectivity index (χ0n) is 15.0. The van der Waals surface area contributed by atoms with Crippen molar-refractivity contribution in [1.29, 1.82) is 0 Å². The molecule has 2 aliphatic rings. The highest BCUT2D eigenvalue weighted by atomic mass is 32.2. The van der Waals surface area contributed by atoms with Crippen LogP contribution in [0.2, 0.25) is 0 Å². The summed E-state index contributed by atoms with van der Waals surface area (Å²) in [7, 11) is -2.96. The van der Waals surface area contributed by atoms with Crippen molar-refractivity contribution in [3.8, 4) is 0 Å². The largest absolute Gasteiger partial charge is 0.337 e. The number of hydrogen-bond donors (Lipinski definition) is 1. The van der Waals surface area contributed by atoms with E-state index in [1.807, 2.05) is 13.8 Å². The zero-order valence-corrected chi connectivity index (χ0v) is 15.8. The van der Waals surface area contributed by atoms with Gasteiger partial charge in [0.15, 0.2) is 0 Å². The first kappa shape index (κ1) is 18.6. The standard InChI is InChI=1S/C17H32N2O3S/c1-13-11-14-7-5-6-8-15(14)19(13)16(20)18-12-17(2,3)9-10-23(4,21)22/h13-15H,5-12H2,1-4H3,(H,18,20)/t13-,14+,15-/m1/s1. The van der Waals surface area contributed by atoms with Crippen LogP contribution in [-0.2, 0) is 9.84 Å². The molecule has 23 heavy (non-hydrogen) atoms. The summed E-state index contributed by atoms with van der Waals surface area (Å²) in [6, 6.07) is 0.736. The highest BCUT2D eigenvalue weighted by molar-refractivity contribution is 7.90. The van der Waals surface area contributed by atoms with E-state index in [4.69, 9.17) is 0 Å². The van der Waals surface area contributed by atoms with Crippen LogP contribution in [0.1, 0.15) is 59.3 Å². The fourth-order valence-corrected chi connectivity index (χ4v) is 4.94. The van der Waals surface area contributed by atoms with Gasteiger partial charge in [-0.1, -0.05) is 26.7 Å². The van der Waals surface area contributed by atoms with E-state index in [1.165, 1.54) is 25.5 Å². The molecule has 2 amide bonds. The Kier molecular flexibility index (Phi) is 5.64. The van der Waals surface area contributed by atoms with Gasteiger partial charge in [-0.25, -0.2) is 13.2 Å². The lowest BCUT2D eigenvalue weighted by Crippen LogP contribution is -2.49. The summed E-state index contributed by atoms with van der Waals surface area (Å²) in [5, 5.41) is 3.06. The molecule has 0 aromatic carbocycles. The SMILES string of the molecule is C[C@@H]1C[C@@H]2CCCC[C@H]2N1C(=O)NCC(C)(C)CCS(C)(=O)=O. The van der Waals surface area contributed by atoms with Gasteiger partial charge < -0.3 is 10.2 Å². The molecule has 2 fully saturated rings. The molecule has 0 aromatic rings. The average molecular weight is 345 g/mol. The fourth-order valence-electron chi connectivity index (χ4n) is 4.01. The molecular formula is C17H32N2O3S. The van der Waals surface area contributed by atoms with Gasteiger partial charge in [-0.2, -0.15) is 0 Å². The number of sulfone groups is 1. The first-order chi connectivity index (χ1) is 10.6. The number of hydrogen-bond acceptors (Lipinski definition) is 3. The van der Waals surface area contributed by atoms with Crippen LogP contribution < -0.4 is 5.32 Å². The summed E-state index contributed by atoms with van der Waals surface area (Å²) >= 11 is 0. The summed E-state index contributed by atoms with van der Waals surface area (Å²) < 4.78 is 22.7. The molecule has 3 atom stereocenters. The van der Waals surface area contributed by atoms with Crippen LogP contribution >= 0.6 is 0 Å². The van der Waals surface area contributed by atoms with E-state index < -0.39 is 9.84 Å². The van der Waals surface area contributed by atoms with Crippen LogP contribution in [0.15, 0.2) is 0 Å². The van der Waals surface area contributed by atoms with Crippen molar-refractivity contribution in [3.05, 3.63) is 0 Å². The van der Waals surface area contributed by atoms with E-state index in [2.05, 4.69) is 17.1 Å². The molecule has 1 heterocycles. The van der Waals surface area contributed by atoms with Gasteiger partial charge in [0.2, 0.25) is 0 Å². The third kappa shape index (κ3) is 5.10. The van der Waals surface area contributed by atoms with Gasteiger partial charge in [0.05, 0.1) is 5.75 Å². The quantitative estimate of drug-likeness (QED) is 0.834. The molecule has 0 unspecified atom stereocenters. The second-order valence-corrected chi connectivity index (χ2v) is 10.6. The molecule has 1 aliphatic heterocycles. The third-order valence-electron chi connectivity index (χ3n) is 5.45. The van der Waals surface area contributed by atoms with Crippen LogP contribution in [-0.4, -0.2) is 50.0 Å². The maximum atomic E-state index is 12.7. The summed E-state index contributed by atoms with van der Waals surface area (Å²) in [6.07, 6.45) is 7.83. The monoisotopic (exact) mass is 344 g/mol. The van der Waals surface area contributed by atoms with Gasteiger partial charge in [0, 0.05) is 24.9 Å². The molecule has 1 saturated heterocycles. The normalized spacial score (nSPS) is 28.5. The molecule has 134 valence electrons. The number of rotatable bonds is 5. The van der Waals surface area contributed by atoms with Crippen LogP contribution in [0.4, 0.5) is 4.79 Å². The molecule has 0 radical (unpaired) electrons. The molecule has 1 saturated carbocycles. The van der Waals surface area contributed by atoms with Crippen LogP contribution in [0.25, 0.3) is 0 Å². The van der Waals surface area contributed by atoms with Crippen molar-refractivity contribution in [3.63, 3.8) is 0 Å². The van der Waals surface area contributed by atoms with Gasteiger partial charge in [-0.15, -0.1) is 0 Å². The number of urea groups is 1. The first-order valence-electron chi connectivity index (χ1n) is 8.83. The highest BCUT2D eigenvalue weighted by Gasteiger charge is 2.42. The maximum absolute atomic E-state index is 12.7. The zero-order chi connectivity index (χ0) is 17.3. The third-order valence-corrected chi connectivity index (χ3v) is 6.39. The number of carbonyl (C=O) groups excluding carboxylic acids is 1. The topological polar surface area (TPSA) is 66.5 Å². The van der Waals surface area contributed by atoms with E-state index in [0.29, 0.717) is 31.0 Å². The smallest absolute Gasteiger partial charge is 0.317 e. The van der Waals surface area contributed by atoms with Gasteiger partial charge in [-0.05, 0) is 43.9 Å². The Morgan fingerprint density at radius 3 is 2.57 bits per heavy atom. The number of amides is 2. The van der Waals surface area contributed by atoms with Crippen LogP contribution in [0, 0.1) is 11.3 Å². The van der Waals surface area contributed by atoms with Crippen molar-refractivity contribution in [2.45, 2.75) is 71.4 Å². The first-order valence-corrected chi connectivity index (χ1v) is 10.9. The number of fused-ring (bicyclic) bond motifs is 1. The molecular weight excluding hydrogens is 312 g/mol. The molecule has 0 bridgehead atoms. The number of likely N-dealkylation sites (tertiary alicyclic amines) is 1. The molecule has 2 rings (SSSR count). The average Bonchev–Trinajstić information content (AvgIpc) is 2.78. The molecule has 6 heteroatoms. The van der Waals surface area contributed by atoms with Crippen molar-refractivity contribution < 1.29 is 13.2 Å². The lowest BCUT2D eigenvalue weighted by molar-refractivity contribution is 0.152. The highest BCUT2D eigenvalue weighted by Crippen LogP contribution is 2.39. The summed E-state index contributed by atoms with van der Waals surface area (Å²) in [6.45, 7) is 6.68. The predicted octanol–water partition coefficient (Wildman–Crippen LogP) is 2.81. The van der Waals surface area contributed by atoms with E-state index in [9.17, 15) is 13.2 Å². The Morgan fingerprint density at radius 2 is 1.91 bits per heavy atom. The molecule has 1 N–H and O–H groups in total. The van der Waals surface area contributed by atoms with Crippen molar-refractivity contribution >= 4 is 15.9 Å². The van der Waals surface area contributed by atoms with E-state index >= 15 is 0 Å². The minimum absolute atomic E-state index is 0.0272. The van der Waals surface area contributed by atoms with Gasteiger partial charge in [0.1, 0.15) is 9.84 Å². The minimum atomic E-state index is -2.96. The molecule has 0 aromatic heterocycles. The second kappa shape index (κ2) is 6.99. The predicted molar refractivity (Wildman–Crippen MR) is 93.2 cm³/mol. The Bertz CT molecular complexity index is 530. The number of nitrogens with one attached hydrogen (secondary N) is 1. The number of carbonyl (C=O) groups is 1. The lowest BCUT2D eigenvalue weighted by Gasteiger charge is -2.34. The van der Waals surface area contributed by atoms with E-state index in [1.54, 1.807) is 0 Å². The van der Waals surface area contributed by atoms with Gasteiger partial charge in [0.25, 0.3) is 0 Å². The van der Waals surface area contributed by atoms with Crippen LogP contribution in [0.5, 0.6) is 0 Å². The van der Waals surface area contributed by atoms with Crippen molar-refractivity contribution in [2.75, 3.05) is 18.6 Å². The Hall–Kier alpha value is -0.780. The minimum Gasteiger partial charge on any atom is -0.337 e. The number of nitrogens with zero attached hydrogens (tertiary/aromatic N) is 1. The molecule has 5 nitrogen and oxygen atoms in total. The fraction of sp³-hybridized carbons (Fsp3) is 0.941. The second-order valence-electron chi connectivity index (χ2n) is 8.31. The van der Waals surface area contributed by atoms with E-state index in [0.717, 1.165) is 12.8 Å². The Morgan fingerprint density at radius 1 is 1.26 bits per heavy atom. The van der Waals surface area contributed by atoms with Crippen molar-refractivity contribution in [2.24, 2.45) is 11.3 Å².